The molecule has 6 heteroatoms. The van der Waals surface area contributed by atoms with Crippen LogP contribution in [0.1, 0.15) is 24.0 Å². The first-order chi connectivity index (χ1) is 12.1. The van der Waals surface area contributed by atoms with Crippen LogP contribution in [-0.4, -0.2) is 13.7 Å². The van der Waals surface area contributed by atoms with Crippen LogP contribution in [0.2, 0.25) is 0 Å². The number of nitriles is 1. The highest BCUT2D eigenvalue weighted by molar-refractivity contribution is 5.60. The molecule has 2 aromatic rings. The molecular weight excluding hydrogens is 318 g/mol. The van der Waals surface area contributed by atoms with Crippen LogP contribution in [0.3, 0.4) is 0 Å². The Kier molecular flexibility index (Phi) is 4.40. The van der Waals surface area contributed by atoms with Gasteiger partial charge in [0, 0.05) is 17.3 Å². The average Bonchev–Trinajstić information content (AvgIpc) is 2.60. The molecule has 0 aromatic heterocycles. The van der Waals surface area contributed by atoms with Crippen LogP contribution >= 0.6 is 0 Å². The topological polar surface area (TPSA) is 104 Å². The van der Waals surface area contributed by atoms with Crippen molar-refractivity contribution in [3.8, 4) is 23.3 Å². The first kappa shape index (κ1) is 16.5. The summed E-state index contributed by atoms with van der Waals surface area (Å²) in [5, 5.41) is 9.60. The molecule has 0 spiro atoms. The Labute approximate surface area is 146 Å². The van der Waals surface area contributed by atoms with Crippen LogP contribution in [0.5, 0.6) is 17.2 Å². The third kappa shape index (κ3) is 2.92. The zero-order valence-electron chi connectivity index (χ0n) is 14.1. The van der Waals surface area contributed by atoms with Gasteiger partial charge in [-0.1, -0.05) is 12.1 Å². The normalized spacial score (nSPS) is 15.8. The van der Waals surface area contributed by atoms with Gasteiger partial charge in [-0.05, 0) is 30.7 Å². The van der Waals surface area contributed by atoms with E-state index in [1.807, 2.05) is 31.2 Å². The number of nitrogens with two attached hydrogens (primary N) is 2. The third-order valence-corrected chi connectivity index (χ3v) is 4.06. The molecule has 0 aliphatic carbocycles. The first-order valence-electron chi connectivity index (χ1n) is 7.86. The molecule has 1 aliphatic heterocycles. The molecule has 4 N–H and O–H groups in total. The maximum atomic E-state index is 9.60. The molecule has 0 radical (unpaired) electrons. The number of fused-ring (bicyclic) bond motifs is 1. The van der Waals surface area contributed by atoms with Gasteiger partial charge >= 0.3 is 0 Å². The highest BCUT2D eigenvalue weighted by Crippen LogP contribution is 2.44. The van der Waals surface area contributed by atoms with E-state index >= 15 is 0 Å². The molecule has 0 unspecified atom stereocenters. The van der Waals surface area contributed by atoms with E-state index in [9.17, 15) is 5.26 Å². The molecule has 2 aromatic carbocycles. The lowest BCUT2D eigenvalue weighted by Gasteiger charge is -2.27. The second kappa shape index (κ2) is 6.65. The standard InChI is InChI=1S/C19H19N3O3/c1-3-24-17-8-11(4-7-15(17)23-2)18-13-6-5-12(21)9-16(13)25-19(22)14(18)10-20/h4-9,18H,3,21-22H2,1-2H3/t18-/m1/s1. The fourth-order valence-corrected chi connectivity index (χ4v) is 2.96. The van der Waals surface area contributed by atoms with E-state index in [0.717, 1.165) is 11.1 Å². The number of hydrogen-bond donors (Lipinski definition) is 2. The van der Waals surface area contributed by atoms with Crippen molar-refractivity contribution in [2.75, 3.05) is 19.5 Å². The maximum absolute atomic E-state index is 9.60. The van der Waals surface area contributed by atoms with Crippen molar-refractivity contribution in [3.63, 3.8) is 0 Å². The number of methoxy groups -OCH3 is 1. The van der Waals surface area contributed by atoms with Gasteiger partial charge in [0.05, 0.1) is 19.6 Å². The number of nitrogen functional groups attached to an aromatic ring is 1. The molecule has 0 saturated carbocycles. The number of benzene rings is 2. The molecule has 128 valence electrons. The molecule has 1 atom stereocenters. The largest absolute Gasteiger partial charge is 0.493 e. The molecular formula is C19H19N3O3. The van der Waals surface area contributed by atoms with Crippen LogP contribution in [0.25, 0.3) is 0 Å². The van der Waals surface area contributed by atoms with Gasteiger partial charge in [-0.2, -0.15) is 5.26 Å². The lowest BCUT2D eigenvalue weighted by Crippen LogP contribution is -2.21. The Bertz CT molecular complexity index is 884. The SMILES string of the molecule is CCOc1cc([C@H]2C(C#N)=C(N)Oc3cc(N)ccc32)ccc1OC. The van der Waals surface area contributed by atoms with Gasteiger partial charge < -0.3 is 25.7 Å². The van der Waals surface area contributed by atoms with Crippen molar-refractivity contribution < 1.29 is 14.2 Å². The summed E-state index contributed by atoms with van der Waals surface area (Å²) in [5.74, 6) is 1.52. The summed E-state index contributed by atoms with van der Waals surface area (Å²) >= 11 is 0. The Morgan fingerprint density at radius 3 is 2.64 bits per heavy atom. The molecule has 25 heavy (non-hydrogen) atoms. The minimum absolute atomic E-state index is 0.0828. The zero-order chi connectivity index (χ0) is 18.0. The van der Waals surface area contributed by atoms with Crippen molar-refractivity contribution >= 4 is 5.69 Å². The van der Waals surface area contributed by atoms with Gasteiger partial charge in [-0.15, -0.1) is 0 Å². The van der Waals surface area contributed by atoms with E-state index in [1.165, 1.54) is 0 Å². The molecule has 0 fully saturated rings. The second-order valence-electron chi connectivity index (χ2n) is 5.57. The quantitative estimate of drug-likeness (QED) is 0.831. The first-order valence-corrected chi connectivity index (χ1v) is 7.86. The smallest absolute Gasteiger partial charge is 0.205 e. The van der Waals surface area contributed by atoms with E-state index in [1.54, 1.807) is 19.2 Å². The van der Waals surface area contributed by atoms with E-state index < -0.39 is 0 Å². The van der Waals surface area contributed by atoms with Gasteiger partial charge in [-0.25, -0.2) is 0 Å². The number of nitrogens with zero attached hydrogens (tertiary/aromatic N) is 1. The van der Waals surface area contributed by atoms with Gasteiger partial charge in [0.25, 0.3) is 0 Å². The predicted octanol–water partition coefficient (Wildman–Crippen LogP) is 2.89. The van der Waals surface area contributed by atoms with Crippen molar-refractivity contribution in [1.29, 1.82) is 5.26 Å². The van der Waals surface area contributed by atoms with Gasteiger partial charge in [-0.3, -0.25) is 0 Å². The fourth-order valence-electron chi connectivity index (χ4n) is 2.96. The highest BCUT2D eigenvalue weighted by atomic mass is 16.5. The minimum Gasteiger partial charge on any atom is -0.493 e. The lowest BCUT2D eigenvalue weighted by atomic mass is 9.83. The molecule has 0 amide bonds. The predicted molar refractivity (Wildman–Crippen MR) is 94.3 cm³/mol. The maximum Gasteiger partial charge on any atom is 0.205 e. The summed E-state index contributed by atoms with van der Waals surface area (Å²) < 4.78 is 16.6. The Morgan fingerprint density at radius 2 is 1.96 bits per heavy atom. The number of rotatable bonds is 4. The Balaban J connectivity index is 2.18. The van der Waals surface area contributed by atoms with Crippen molar-refractivity contribution in [2.45, 2.75) is 12.8 Å². The van der Waals surface area contributed by atoms with Gasteiger partial charge in [0.2, 0.25) is 5.88 Å². The molecule has 0 saturated heterocycles. The fraction of sp³-hybridized carbons (Fsp3) is 0.211. The summed E-state index contributed by atoms with van der Waals surface area (Å²) in [7, 11) is 1.59. The number of ether oxygens (including phenoxy) is 3. The van der Waals surface area contributed by atoms with Crippen molar-refractivity contribution in [1.82, 2.24) is 0 Å². The summed E-state index contributed by atoms with van der Waals surface area (Å²) in [6.07, 6.45) is 0. The number of allylic oxidation sites excluding steroid dienone is 1. The van der Waals surface area contributed by atoms with Crippen LogP contribution in [0.4, 0.5) is 5.69 Å². The summed E-state index contributed by atoms with van der Waals surface area (Å²) in [6.45, 7) is 2.40. The van der Waals surface area contributed by atoms with E-state index in [2.05, 4.69) is 6.07 Å². The zero-order valence-corrected chi connectivity index (χ0v) is 14.1. The van der Waals surface area contributed by atoms with E-state index in [4.69, 9.17) is 25.7 Å². The molecule has 1 heterocycles. The summed E-state index contributed by atoms with van der Waals surface area (Å²) in [6, 6.07) is 13.1. The van der Waals surface area contributed by atoms with Crippen LogP contribution in [0, 0.1) is 11.3 Å². The second-order valence-corrected chi connectivity index (χ2v) is 5.57. The minimum atomic E-state index is -0.362. The van der Waals surface area contributed by atoms with Crippen molar-refractivity contribution in [3.05, 3.63) is 59.0 Å². The molecule has 6 nitrogen and oxygen atoms in total. The number of anilines is 1. The van der Waals surface area contributed by atoms with Crippen LogP contribution in [-0.2, 0) is 0 Å². The molecule has 0 bridgehead atoms. The van der Waals surface area contributed by atoms with Crippen molar-refractivity contribution in [2.24, 2.45) is 5.73 Å². The van der Waals surface area contributed by atoms with Gasteiger partial charge in [0.1, 0.15) is 17.4 Å². The summed E-state index contributed by atoms with van der Waals surface area (Å²) in [4.78, 5) is 0. The Morgan fingerprint density at radius 1 is 1.16 bits per heavy atom. The average molecular weight is 337 g/mol. The summed E-state index contributed by atoms with van der Waals surface area (Å²) in [5.41, 5.74) is 14.4. The monoisotopic (exact) mass is 337 g/mol. The Hall–Kier alpha value is -3.33. The lowest BCUT2D eigenvalue weighted by molar-refractivity contribution is 0.310. The van der Waals surface area contributed by atoms with Gasteiger partial charge in [0.15, 0.2) is 11.5 Å². The highest BCUT2D eigenvalue weighted by Gasteiger charge is 2.31. The molecule has 3 rings (SSSR count). The van der Waals surface area contributed by atoms with Crippen LogP contribution in [0.15, 0.2) is 47.9 Å². The number of hydrogen-bond acceptors (Lipinski definition) is 6. The van der Waals surface area contributed by atoms with Crippen LogP contribution < -0.4 is 25.7 Å². The van der Waals surface area contributed by atoms with E-state index in [-0.39, 0.29) is 11.8 Å². The van der Waals surface area contributed by atoms with E-state index in [0.29, 0.717) is 35.1 Å². The molecule has 1 aliphatic rings. The third-order valence-electron chi connectivity index (χ3n) is 4.06.